The predicted octanol–water partition coefficient (Wildman–Crippen LogP) is 3.04. The van der Waals surface area contributed by atoms with Crippen LogP contribution in [-0.4, -0.2) is 41.9 Å². The van der Waals surface area contributed by atoms with Crippen molar-refractivity contribution in [3.8, 4) is 12.3 Å². The SMILES string of the molecule is C#C[C@H]1CN2CC[C@H]1C[C@@H]2CNC(=S)Nc1cccc(SC)c1. The van der Waals surface area contributed by atoms with Gasteiger partial charge in [-0.3, -0.25) is 4.90 Å². The largest absolute Gasteiger partial charge is 0.361 e. The number of terminal acetylenes is 1. The maximum atomic E-state index is 5.64. The van der Waals surface area contributed by atoms with Crippen molar-refractivity contribution >= 4 is 34.8 Å². The van der Waals surface area contributed by atoms with Crippen LogP contribution in [0.5, 0.6) is 0 Å². The summed E-state index contributed by atoms with van der Waals surface area (Å²) >= 11 is 7.17. The zero-order chi connectivity index (χ0) is 16.2. The van der Waals surface area contributed by atoms with E-state index in [2.05, 4.69) is 39.8 Å². The van der Waals surface area contributed by atoms with Gasteiger partial charge in [0.05, 0.1) is 0 Å². The number of thioether (sulfide) groups is 1. The summed E-state index contributed by atoms with van der Waals surface area (Å²) in [6.07, 6.45) is 10.1. The highest BCUT2D eigenvalue weighted by molar-refractivity contribution is 7.98. The summed E-state index contributed by atoms with van der Waals surface area (Å²) in [6.45, 7) is 3.11. The number of anilines is 1. The molecule has 3 aliphatic rings. The predicted molar refractivity (Wildman–Crippen MR) is 103 cm³/mol. The number of rotatable bonds is 4. The van der Waals surface area contributed by atoms with Crippen LogP contribution in [0.4, 0.5) is 5.69 Å². The first-order chi connectivity index (χ1) is 11.2. The number of benzene rings is 1. The topological polar surface area (TPSA) is 27.3 Å². The second kappa shape index (κ2) is 7.57. The van der Waals surface area contributed by atoms with Crippen molar-refractivity contribution in [2.45, 2.75) is 23.8 Å². The smallest absolute Gasteiger partial charge is 0.170 e. The molecule has 2 N–H and O–H groups in total. The zero-order valence-corrected chi connectivity index (χ0v) is 15.1. The molecule has 4 atom stereocenters. The molecule has 0 amide bonds. The van der Waals surface area contributed by atoms with Gasteiger partial charge in [0.2, 0.25) is 0 Å². The third-order valence-corrected chi connectivity index (χ3v) is 5.89. The first-order valence-electron chi connectivity index (χ1n) is 8.08. The number of fused-ring (bicyclic) bond motifs is 3. The lowest BCUT2D eigenvalue weighted by Crippen LogP contribution is -2.56. The summed E-state index contributed by atoms with van der Waals surface area (Å²) in [7, 11) is 0. The fourth-order valence-electron chi connectivity index (χ4n) is 3.63. The van der Waals surface area contributed by atoms with Crippen LogP contribution in [0.2, 0.25) is 0 Å². The molecule has 3 saturated heterocycles. The Kier molecular flexibility index (Phi) is 5.47. The first kappa shape index (κ1) is 16.6. The van der Waals surface area contributed by atoms with Gasteiger partial charge in [0, 0.05) is 35.6 Å². The van der Waals surface area contributed by atoms with Crippen molar-refractivity contribution in [3.05, 3.63) is 24.3 Å². The molecule has 1 aromatic rings. The maximum Gasteiger partial charge on any atom is 0.170 e. The summed E-state index contributed by atoms with van der Waals surface area (Å²) in [5.41, 5.74) is 1.03. The van der Waals surface area contributed by atoms with Crippen molar-refractivity contribution in [3.63, 3.8) is 0 Å². The number of hydrogen-bond acceptors (Lipinski definition) is 3. The Morgan fingerprint density at radius 1 is 1.52 bits per heavy atom. The Morgan fingerprint density at radius 2 is 2.39 bits per heavy atom. The van der Waals surface area contributed by atoms with E-state index in [0.29, 0.717) is 23.0 Å². The molecule has 0 spiro atoms. The molecule has 3 heterocycles. The second-order valence-electron chi connectivity index (χ2n) is 6.27. The van der Waals surface area contributed by atoms with Crippen LogP contribution < -0.4 is 10.6 Å². The van der Waals surface area contributed by atoms with Gasteiger partial charge in [-0.1, -0.05) is 6.07 Å². The van der Waals surface area contributed by atoms with E-state index >= 15 is 0 Å². The average molecular weight is 346 g/mol. The molecule has 3 nitrogen and oxygen atoms in total. The molecule has 23 heavy (non-hydrogen) atoms. The standard InChI is InChI=1S/C18H23N3S2/c1-3-13-12-21-8-7-14(13)9-16(21)11-19-18(22)20-15-5-4-6-17(10-15)23-2/h1,4-6,10,13-14,16H,7-9,11-12H2,2H3,(H2,19,20,22)/t13-,14-,16+/m0/s1. The monoisotopic (exact) mass is 345 g/mol. The Morgan fingerprint density at radius 3 is 3.09 bits per heavy atom. The van der Waals surface area contributed by atoms with Gasteiger partial charge < -0.3 is 10.6 Å². The molecule has 3 fully saturated rings. The fraction of sp³-hybridized carbons (Fsp3) is 0.500. The minimum Gasteiger partial charge on any atom is -0.361 e. The summed E-state index contributed by atoms with van der Waals surface area (Å²) in [6, 6.07) is 8.85. The first-order valence-corrected chi connectivity index (χ1v) is 9.72. The summed E-state index contributed by atoms with van der Waals surface area (Å²) in [4.78, 5) is 3.75. The summed E-state index contributed by atoms with van der Waals surface area (Å²) < 4.78 is 0. The van der Waals surface area contributed by atoms with Crippen LogP contribution >= 0.6 is 24.0 Å². The van der Waals surface area contributed by atoms with Crippen molar-refractivity contribution in [2.24, 2.45) is 11.8 Å². The summed E-state index contributed by atoms with van der Waals surface area (Å²) in [5.74, 6) is 4.10. The van der Waals surface area contributed by atoms with Crippen LogP contribution in [-0.2, 0) is 0 Å². The molecule has 5 heteroatoms. The van der Waals surface area contributed by atoms with E-state index in [4.69, 9.17) is 18.6 Å². The van der Waals surface area contributed by atoms with Crippen molar-refractivity contribution in [2.75, 3.05) is 31.2 Å². The van der Waals surface area contributed by atoms with Crippen LogP contribution in [0.3, 0.4) is 0 Å². The summed E-state index contributed by atoms with van der Waals surface area (Å²) in [5, 5.41) is 7.35. The molecule has 122 valence electrons. The Hall–Kier alpha value is -1.22. The third-order valence-electron chi connectivity index (χ3n) is 4.92. The number of nitrogens with zero attached hydrogens (tertiary/aromatic N) is 1. The van der Waals surface area contributed by atoms with Crippen LogP contribution in [0.25, 0.3) is 0 Å². The normalized spacial score (nSPS) is 28.9. The highest BCUT2D eigenvalue weighted by Gasteiger charge is 2.39. The molecule has 1 unspecified atom stereocenters. The molecule has 3 aliphatic heterocycles. The van der Waals surface area contributed by atoms with Gasteiger partial charge in [0.25, 0.3) is 0 Å². The number of nitrogens with one attached hydrogen (secondary N) is 2. The molecule has 4 rings (SSSR count). The molecule has 1 aromatic carbocycles. The van der Waals surface area contributed by atoms with Gasteiger partial charge in [-0.15, -0.1) is 24.1 Å². The van der Waals surface area contributed by atoms with Gasteiger partial charge >= 0.3 is 0 Å². The lowest BCUT2D eigenvalue weighted by atomic mass is 9.76. The third kappa shape index (κ3) is 4.00. The van der Waals surface area contributed by atoms with Crippen LogP contribution in [0, 0.1) is 24.2 Å². The average Bonchev–Trinajstić information content (AvgIpc) is 2.60. The van der Waals surface area contributed by atoms with Crippen molar-refractivity contribution < 1.29 is 0 Å². The molecule has 2 bridgehead atoms. The zero-order valence-electron chi connectivity index (χ0n) is 13.4. The van der Waals surface area contributed by atoms with Gasteiger partial charge in [-0.25, -0.2) is 0 Å². The van der Waals surface area contributed by atoms with E-state index in [1.165, 1.54) is 24.3 Å². The van der Waals surface area contributed by atoms with Crippen LogP contribution in [0.1, 0.15) is 12.8 Å². The van der Waals surface area contributed by atoms with E-state index in [1.54, 1.807) is 11.8 Å². The molecular formula is C18H23N3S2. The molecule has 0 saturated carbocycles. The van der Waals surface area contributed by atoms with E-state index in [1.807, 2.05) is 12.1 Å². The Bertz CT molecular complexity index is 611. The fourth-order valence-corrected chi connectivity index (χ4v) is 4.29. The highest BCUT2D eigenvalue weighted by Crippen LogP contribution is 2.35. The number of thiocarbonyl (C=S) groups is 1. The van der Waals surface area contributed by atoms with E-state index in [9.17, 15) is 0 Å². The lowest BCUT2D eigenvalue weighted by Gasteiger charge is -2.48. The molecule has 0 radical (unpaired) electrons. The highest BCUT2D eigenvalue weighted by atomic mass is 32.2. The van der Waals surface area contributed by atoms with Gasteiger partial charge in [-0.05, 0) is 62.0 Å². The minimum absolute atomic E-state index is 0.444. The van der Waals surface area contributed by atoms with Gasteiger partial charge in [0.15, 0.2) is 5.11 Å². The Labute approximate surface area is 148 Å². The second-order valence-corrected chi connectivity index (χ2v) is 7.56. The lowest BCUT2D eigenvalue weighted by molar-refractivity contribution is 0.0248. The Balaban J connectivity index is 1.49. The number of hydrogen-bond donors (Lipinski definition) is 2. The van der Waals surface area contributed by atoms with Crippen LogP contribution in [0.15, 0.2) is 29.2 Å². The molecular weight excluding hydrogens is 322 g/mol. The maximum absolute atomic E-state index is 5.64. The van der Waals surface area contributed by atoms with E-state index in [-0.39, 0.29) is 0 Å². The molecule has 0 aromatic heterocycles. The van der Waals surface area contributed by atoms with E-state index in [0.717, 1.165) is 18.8 Å². The quantitative estimate of drug-likeness (QED) is 0.497. The van der Waals surface area contributed by atoms with Gasteiger partial charge in [-0.2, -0.15) is 0 Å². The van der Waals surface area contributed by atoms with Crippen molar-refractivity contribution in [1.82, 2.24) is 10.2 Å². The van der Waals surface area contributed by atoms with E-state index < -0.39 is 0 Å². The molecule has 0 aliphatic carbocycles. The number of piperidine rings is 3. The van der Waals surface area contributed by atoms with Gasteiger partial charge in [0.1, 0.15) is 0 Å². The minimum atomic E-state index is 0.444. The van der Waals surface area contributed by atoms with Crippen molar-refractivity contribution in [1.29, 1.82) is 0 Å².